The molecule has 0 aromatic heterocycles. The van der Waals surface area contributed by atoms with Crippen molar-refractivity contribution < 1.29 is 18.6 Å². The smallest absolute Gasteiger partial charge is 0 e. The molecule has 0 atom stereocenters. The summed E-state index contributed by atoms with van der Waals surface area (Å²) in [6.07, 6.45) is 0. The minimum atomic E-state index is 0. The van der Waals surface area contributed by atoms with Crippen LogP contribution >= 0.6 is 37.2 Å². The minimum absolute atomic E-state index is 0. The molecule has 0 saturated heterocycles. The van der Waals surface area contributed by atoms with E-state index in [9.17, 15) is 0 Å². The van der Waals surface area contributed by atoms with Crippen LogP contribution < -0.4 is 0 Å². The third kappa shape index (κ3) is 30.8. The van der Waals surface area contributed by atoms with Crippen LogP contribution in [0.15, 0.2) is 0 Å². The molecule has 4 heteroatoms. The van der Waals surface area contributed by atoms with Crippen molar-refractivity contribution in [3.63, 3.8) is 0 Å². The van der Waals surface area contributed by atoms with Crippen LogP contribution in [0.25, 0.3) is 0 Å². The Balaban J connectivity index is 0. The molecule has 0 rings (SSSR count). The summed E-state index contributed by atoms with van der Waals surface area (Å²) in [5.74, 6) is 0. The fraction of sp³-hybridized carbons (Fsp3) is 1.00. The summed E-state index contributed by atoms with van der Waals surface area (Å²) in [6.45, 7) is 0. The Morgan fingerprint density at radius 2 is 0.600 bits per heavy atom. The second-order valence-electron chi connectivity index (χ2n) is 0. The van der Waals surface area contributed by atoms with E-state index in [4.69, 9.17) is 0 Å². The maximum Gasteiger partial charge on any atom is 0 e. The Hall–Kier alpha value is 1.45. The van der Waals surface area contributed by atoms with Gasteiger partial charge >= 0.3 is 0 Å². The van der Waals surface area contributed by atoms with Crippen LogP contribution in [0, 0.1) is 0 Å². The molecule has 5 heavy (non-hydrogen) atoms. The van der Waals surface area contributed by atoms with E-state index in [2.05, 4.69) is 0 Å². The largest absolute Gasteiger partial charge is 0.147 e. The van der Waals surface area contributed by atoms with Crippen LogP contribution in [0.3, 0.4) is 0 Å². The molecular weight excluding hydrogens is 169 g/mol. The van der Waals surface area contributed by atoms with Crippen LogP contribution in [0.4, 0.5) is 0 Å². The van der Waals surface area contributed by atoms with Crippen LogP contribution in [-0.4, -0.2) is 0 Å². The third-order valence-electron chi connectivity index (χ3n) is 0. The van der Waals surface area contributed by atoms with E-state index >= 15 is 0 Å². The summed E-state index contributed by atoms with van der Waals surface area (Å²) in [5, 5.41) is 0. The van der Waals surface area contributed by atoms with Gasteiger partial charge in [0.15, 0.2) is 0 Å². The van der Waals surface area contributed by atoms with Crippen LogP contribution in [0.1, 0.15) is 7.43 Å². The van der Waals surface area contributed by atoms with Crippen molar-refractivity contribution in [1.82, 2.24) is 0 Å². The Morgan fingerprint density at radius 1 is 0.600 bits per heavy atom. The van der Waals surface area contributed by atoms with Crippen LogP contribution in [-0.2, 0) is 18.6 Å². The van der Waals surface area contributed by atoms with Gasteiger partial charge in [0.2, 0.25) is 0 Å². The average Bonchev–Trinajstić information content (AvgIpc) is 0. The van der Waals surface area contributed by atoms with E-state index in [1.165, 1.54) is 0 Å². The molecule has 0 fully saturated rings. The molecule has 0 bridgehead atoms. The van der Waals surface area contributed by atoms with Gasteiger partial charge in [-0.25, -0.2) is 0 Å². The molecule has 0 aromatic rings. The van der Waals surface area contributed by atoms with Gasteiger partial charge < -0.3 is 0 Å². The summed E-state index contributed by atoms with van der Waals surface area (Å²) in [6, 6.07) is 0. The Morgan fingerprint density at radius 3 is 0.600 bits per heavy atom. The molecule has 0 aliphatic heterocycles. The number of rotatable bonds is 0. The Bertz CT molecular complexity index is 6.85. The molecule has 0 N–H and O–H groups in total. The van der Waals surface area contributed by atoms with Gasteiger partial charge in [0.25, 0.3) is 0 Å². The molecule has 0 amide bonds. The van der Waals surface area contributed by atoms with E-state index in [1.54, 1.807) is 0 Å². The van der Waals surface area contributed by atoms with Gasteiger partial charge in [-0.05, 0) is 0 Å². The standard InChI is InChI=1S/CH4.3ClH.V/h1H4;3*1H;. The summed E-state index contributed by atoms with van der Waals surface area (Å²) < 4.78 is 0. The van der Waals surface area contributed by atoms with E-state index in [0.717, 1.165) is 0 Å². The van der Waals surface area contributed by atoms with Gasteiger partial charge in [0, 0.05) is 18.6 Å². The normalized spacial score (nSPS) is 0. The average molecular weight is 176 g/mol. The van der Waals surface area contributed by atoms with Crippen molar-refractivity contribution >= 4 is 37.2 Å². The quantitative estimate of drug-likeness (QED) is 0.529. The van der Waals surface area contributed by atoms with Crippen molar-refractivity contribution in [2.45, 2.75) is 7.43 Å². The predicted molar refractivity (Wildman–Crippen MR) is 28.5 cm³/mol. The molecule has 1 radical (unpaired) electrons. The zero-order valence-corrected chi connectivity index (χ0v) is 5.52. The van der Waals surface area contributed by atoms with Gasteiger partial charge in [0.1, 0.15) is 0 Å². The first kappa shape index (κ1) is 90.8. The van der Waals surface area contributed by atoms with Gasteiger partial charge in [-0.1, -0.05) is 7.43 Å². The second kappa shape index (κ2) is 51.2. The first-order valence-electron chi connectivity index (χ1n) is 0. The summed E-state index contributed by atoms with van der Waals surface area (Å²) >= 11 is 0. The van der Waals surface area contributed by atoms with E-state index in [0.29, 0.717) is 0 Å². The second-order valence-corrected chi connectivity index (χ2v) is 0. The molecule has 0 heterocycles. The monoisotopic (exact) mass is 175 g/mol. The van der Waals surface area contributed by atoms with Crippen molar-refractivity contribution in [3.8, 4) is 0 Å². The zero-order valence-electron chi connectivity index (χ0n) is 1.67. The van der Waals surface area contributed by atoms with Crippen molar-refractivity contribution in [3.05, 3.63) is 0 Å². The van der Waals surface area contributed by atoms with Gasteiger partial charge in [-0.2, -0.15) is 0 Å². The summed E-state index contributed by atoms with van der Waals surface area (Å²) in [4.78, 5) is 0. The molecule has 0 spiro atoms. The minimum Gasteiger partial charge on any atom is -0.147 e. The molecule has 0 nitrogen and oxygen atoms in total. The zero-order chi connectivity index (χ0) is 0. The number of hydrogen-bond donors (Lipinski definition) is 0. The van der Waals surface area contributed by atoms with E-state index < -0.39 is 0 Å². The van der Waals surface area contributed by atoms with Crippen LogP contribution in [0.2, 0.25) is 0 Å². The van der Waals surface area contributed by atoms with Crippen molar-refractivity contribution in [2.75, 3.05) is 0 Å². The Labute approximate surface area is 63.2 Å². The molecule has 0 unspecified atom stereocenters. The first-order chi connectivity index (χ1) is 0. The fourth-order valence-corrected chi connectivity index (χ4v) is 0. The number of hydrogen-bond acceptors (Lipinski definition) is 0. The Kier molecular flexibility index (Phi) is 929. The topological polar surface area (TPSA) is 0 Å². The predicted octanol–water partition coefficient (Wildman–Crippen LogP) is 1.90. The fourth-order valence-electron chi connectivity index (χ4n) is 0. The molecule has 0 aliphatic carbocycles. The molecular formula is CH7Cl3V. The van der Waals surface area contributed by atoms with E-state index in [-0.39, 0.29) is 63.2 Å². The van der Waals surface area contributed by atoms with Gasteiger partial charge in [-0.3, -0.25) is 0 Å². The third-order valence-corrected chi connectivity index (χ3v) is 0. The molecule has 37 valence electrons. The molecule has 0 aliphatic rings. The summed E-state index contributed by atoms with van der Waals surface area (Å²) in [7, 11) is 0. The van der Waals surface area contributed by atoms with Gasteiger partial charge in [-0.15, -0.1) is 37.2 Å². The molecule has 0 aromatic carbocycles. The van der Waals surface area contributed by atoms with Crippen LogP contribution in [0.5, 0.6) is 0 Å². The van der Waals surface area contributed by atoms with Gasteiger partial charge in [0.05, 0.1) is 0 Å². The van der Waals surface area contributed by atoms with Crippen molar-refractivity contribution in [2.24, 2.45) is 0 Å². The molecule has 0 saturated carbocycles. The van der Waals surface area contributed by atoms with Crippen molar-refractivity contribution in [1.29, 1.82) is 0 Å². The number of halogens is 3. The first-order valence-corrected chi connectivity index (χ1v) is 0. The maximum atomic E-state index is 0. The maximum absolute atomic E-state index is 0. The van der Waals surface area contributed by atoms with E-state index in [1.807, 2.05) is 0 Å². The summed E-state index contributed by atoms with van der Waals surface area (Å²) in [5.41, 5.74) is 0. The SMILES string of the molecule is C.Cl.Cl.Cl.[V].